The number of cyclic esters (lactones) is 1. The zero-order chi connectivity index (χ0) is 9.68. The van der Waals surface area contributed by atoms with Crippen molar-refractivity contribution in [1.82, 2.24) is 0 Å². The standard InChI is InChI=1S/C11H18O2/c1-3-5-7-10-8-9(6-4-2)11(12)13-10/h4,6,9-10H,3,5,7-8H2,1-2H3. The Bertz CT molecular complexity index is 196. The highest BCUT2D eigenvalue weighted by Crippen LogP contribution is 2.25. The van der Waals surface area contributed by atoms with Crippen LogP contribution in [0.4, 0.5) is 0 Å². The van der Waals surface area contributed by atoms with Gasteiger partial charge in [-0.1, -0.05) is 31.9 Å². The van der Waals surface area contributed by atoms with Crippen molar-refractivity contribution in [2.75, 3.05) is 0 Å². The van der Waals surface area contributed by atoms with Crippen LogP contribution in [0.15, 0.2) is 12.2 Å². The molecule has 2 atom stereocenters. The molecule has 1 aliphatic heterocycles. The van der Waals surface area contributed by atoms with Gasteiger partial charge >= 0.3 is 5.97 Å². The minimum atomic E-state index is -0.0424. The molecule has 1 rings (SSSR count). The molecule has 1 heterocycles. The monoisotopic (exact) mass is 182 g/mol. The number of hydrogen-bond acceptors (Lipinski definition) is 2. The lowest BCUT2D eigenvalue weighted by atomic mass is 10.0. The molecule has 0 N–H and O–H groups in total. The van der Waals surface area contributed by atoms with E-state index in [1.54, 1.807) is 0 Å². The Morgan fingerprint density at radius 3 is 3.00 bits per heavy atom. The molecule has 0 amide bonds. The Labute approximate surface area is 80.0 Å². The normalized spacial score (nSPS) is 28.3. The predicted octanol–water partition coefficient (Wildman–Crippen LogP) is 2.68. The minimum Gasteiger partial charge on any atom is -0.462 e. The third kappa shape index (κ3) is 2.87. The zero-order valence-electron chi connectivity index (χ0n) is 8.45. The summed E-state index contributed by atoms with van der Waals surface area (Å²) < 4.78 is 5.24. The fraction of sp³-hybridized carbons (Fsp3) is 0.727. The van der Waals surface area contributed by atoms with E-state index >= 15 is 0 Å². The molecule has 1 fully saturated rings. The molecule has 0 aliphatic carbocycles. The first kappa shape index (κ1) is 10.3. The molecule has 2 nitrogen and oxygen atoms in total. The Kier molecular flexibility index (Phi) is 4.00. The van der Waals surface area contributed by atoms with E-state index in [0.717, 1.165) is 19.3 Å². The van der Waals surface area contributed by atoms with Gasteiger partial charge in [-0.25, -0.2) is 0 Å². The summed E-state index contributed by atoms with van der Waals surface area (Å²) in [6, 6.07) is 0. The third-order valence-corrected chi connectivity index (χ3v) is 2.41. The van der Waals surface area contributed by atoms with Crippen LogP contribution in [0, 0.1) is 5.92 Å². The van der Waals surface area contributed by atoms with Gasteiger partial charge in [-0.05, 0) is 13.3 Å². The SMILES string of the molecule is CC=CC1CC(CCCC)OC1=O. The second-order valence-corrected chi connectivity index (χ2v) is 3.57. The van der Waals surface area contributed by atoms with E-state index in [1.807, 2.05) is 19.1 Å². The second-order valence-electron chi connectivity index (χ2n) is 3.57. The number of ether oxygens (including phenoxy) is 1. The average Bonchev–Trinajstić information content (AvgIpc) is 2.45. The van der Waals surface area contributed by atoms with Crippen molar-refractivity contribution in [3.05, 3.63) is 12.2 Å². The van der Waals surface area contributed by atoms with Gasteiger partial charge in [0.1, 0.15) is 6.10 Å². The maximum Gasteiger partial charge on any atom is 0.313 e. The van der Waals surface area contributed by atoms with Gasteiger partial charge in [-0.2, -0.15) is 0 Å². The van der Waals surface area contributed by atoms with Crippen molar-refractivity contribution >= 4 is 5.97 Å². The van der Waals surface area contributed by atoms with E-state index in [9.17, 15) is 4.79 Å². The molecule has 0 bridgehead atoms. The van der Waals surface area contributed by atoms with E-state index in [1.165, 1.54) is 6.42 Å². The lowest BCUT2D eigenvalue weighted by molar-refractivity contribution is -0.143. The highest BCUT2D eigenvalue weighted by molar-refractivity contribution is 5.76. The molecule has 0 aromatic carbocycles. The summed E-state index contributed by atoms with van der Waals surface area (Å²) in [7, 11) is 0. The molecule has 13 heavy (non-hydrogen) atoms. The van der Waals surface area contributed by atoms with Crippen molar-refractivity contribution in [2.24, 2.45) is 5.92 Å². The zero-order valence-corrected chi connectivity index (χ0v) is 8.45. The number of carbonyl (C=O) groups excluding carboxylic acids is 1. The molecule has 1 saturated heterocycles. The maximum absolute atomic E-state index is 11.3. The number of esters is 1. The fourth-order valence-corrected chi connectivity index (χ4v) is 1.68. The van der Waals surface area contributed by atoms with E-state index in [4.69, 9.17) is 4.74 Å². The molecule has 0 saturated carbocycles. The van der Waals surface area contributed by atoms with Crippen LogP contribution >= 0.6 is 0 Å². The maximum atomic E-state index is 11.3. The van der Waals surface area contributed by atoms with Gasteiger partial charge in [0.25, 0.3) is 0 Å². The van der Waals surface area contributed by atoms with Gasteiger partial charge in [0.05, 0.1) is 5.92 Å². The molecule has 2 heteroatoms. The van der Waals surface area contributed by atoms with Gasteiger partial charge in [0.2, 0.25) is 0 Å². The van der Waals surface area contributed by atoms with Crippen molar-refractivity contribution in [1.29, 1.82) is 0 Å². The van der Waals surface area contributed by atoms with Gasteiger partial charge < -0.3 is 4.74 Å². The average molecular weight is 182 g/mol. The van der Waals surface area contributed by atoms with E-state index in [-0.39, 0.29) is 18.0 Å². The lowest BCUT2D eigenvalue weighted by Crippen LogP contribution is -2.06. The van der Waals surface area contributed by atoms with Crippen LogP contribution in [0.5, 0.6) is 0 Å². The number of hydrogen-bond donors (Lipinski definition) is 0. The summed E-state index contributed by atoms with van der Waals surface area (Å²) in [5.41, 5.74) is 0. The molecule has 1 aliphatic rings. The van der Waals surface area contributed by atoms with Crippen LogP contribution in [-0.2, 0) is 9.53 Å². The van der Waals surface area contributed by atoms with E-state index < -0.39 is 0 Å². The minimum absolute atomic E-state index is 0.0202. The summed E-state index contributed by atoms with van der Waals surface area (Å²) >= 11 is 0. The van der Waals surface area contributed by atoms with Crippen LogP contribution < -0.4 is 0 Å². The molecule has 74 valence electrons. The molecule has 0 aromatic heterocycles. The Morgan fingerprint density at radius 1 is 1.62 bits per heavy atom. The van der Waals surface area contributed by atoms with Crippen molar-refractivity contribution in [3.63, 3.8) is 0 Å². The summed E-state index contributed by atoms with van der Waals surface area (Å²) in [4.78, 5) is 11.3. The summed E-state index contributed by atoms with van der Waals surface area (Å²) in [6.45, 7) is 4.09. The first-order chi connectivity index (χ1) is 6.27. The fourth-order valence-electron chi connectivity index (χ4n) is 1.68. The molecule has 2 unspecified atom stereocenters. The Balaban J connectivity index is 2.36. The molecule has 0 spiro atoms. The first-order valence-corrected chi connectivity index (χ1v) is 5.11. The molecule has 0 radical (unpaired) electrons. The topological polar surface area (TPSA) is 26.3 Å². The number of rotatable bonds is 4. The third-order valence-electron chi connectivity index (χ3n) is 2.41. The first-order valence-electron chi connectivity index (χ1n) is 5.11. The van der Waals surface area contributed by atoms with Crippen molar-refractivity contribution in [2.45, 2.75) is 45.6 Å². The molecular weight excluding hydrogens is 164 g/mol. The van der Waals surface area contributed by atoms with E-state index in [0.29, 0.717) is 0 Å². The summed E-state index contributed by atoms with van der Waals surface area (Å²) in [6.07, 6.45) is 8.26. The number of carbonyl (C=O) groups is 1. The summed E-state index contributed by atoms with van der Waals surface area (Å²) in [5.74, 6) is -0.0222. The van der Waals surface area contributed by atoms with Gasteiger partial charge in [0.15, 0.2) is 0 Å². The van der Waals surface area contributed by atoms with Crippen LogP contribution in [0.1, 0.15) is 39.5 Å². The predicted molar refractivity (Wildman–Crippen MR) is 52.3 cm³/mol. The van der Waals surface area contributed by atoms with Crippen LogP contribution in [-0.4, -0.2) is 12.1 Å². The summed E-state index contributed by atoms with van der Waals surface area (Å²) in [5, 5.41) is 0. The quantitative estimate of drug-likeness (QED) is 0.493. The van der Waals surface area contributed by atoms with E-state index in [2.05, 4.69) is 6.92 Å². The van der Waals surface area contributed by atoms with Gasteiger partial charge in [-0.15, -0.1) is 0 Å². The number of allylic oxidation sites excluding steroid dienone is 1. The van der Waals surface area contributed by atoms with Crippen molar-refractivity contribution < 1.29 is 9.53 Å². The Hall–Kier alpha value is -0.790. The Morgan fingerprint density at radius 2 is 2.38 bits per heavy atom. The second kappa shape index (κ2) is 5.05. The number of unbranched alkanes of at least 4 members (excludes halogenated alkanes) is 1. The highest BCUT2D eigenvalue weighted by atomic mass is 16.5. The van der Waals surface area contributed by atoms with Gasteiger partial charge in [0, 0.05) is 6.42 Å². The smallest absolute Gasteiger partial charge is 0.313 e. The van der Waals surface area contributed by atoms with Crippen molar-refractivity contribution in [3.8, 4) is 0 Å². The highest BCUT2D eigenvalue weighted by Gasteiger charge is 2.31. The lowest BCUT2D eigenvalue weighted by Gasteiger charge is -2.06. The van der Waals surface area contributed by atoms with Gasteiger partial charge in [-0.3, -0.25) is 4.79 Å². The van der Waals surface area contributed by atoms with Crippen LogP contribution in [0.2, 0.25) is 0 Å². The van der Waals surface area contributed by atoms with Crippen LogP contribution in [0.3, 0.4) is 0 Å². The van der Waals surface area contributed by atoms with Crippen LogP contribution in [0.25, 0.3) is 0 Å². The molecule has 0 aromatic rings. The molecular formula is C11H18O2. The largest absolute Gasteiger partial charge is 0.462 e.